The molecular formula is C24H35NOS. The van der Waals surface area contributed by atoms with Crippen molar-refractivity contribution in [3.63, 3.8) is 0 Å². The molecule has 0 fully saturated rings. The minimum Gasteiger partial charge on any atom is -0.345 e. The first-order valence-corrected chi connectivity index (χ1v) is 10.7. The summed E-state index contributed by atoms with van der Waals surface area (Å²) >= 11 is 1.73. The van der Waals surface area contributed by atoms with Gasteiger partial charge in [0.05, 0.1) is 5.56 Å². The van der Waals surface area contributed by atoms with Gasteiger partial charge in [-0.2, -0.15) is 0 Å². The minimum atomic E-state index is 0.0625. The number of thioether (sulfide) groups is 1. The van der Waals surface area contributed by atoms with E-state index in [9.17, 15) is 4.79 Å². The number of benzene rings is 1. The molecule has 0 aliphatic carbocycles. The van der Waals surface area contributed by atoms with Crippen molar-refractivity contribution >= 4 is 17.7 Å². The summed E-state index contributed by atoms with van der Waals surface area (Å²) in [5, 5.41) is 0. The normalized spacial score (nSPS) is 12.1. The van der Waals surface area contributed by atoms with Gasteiger partial charge >= 0.3 is 0 Å². The Morgan fingerprint density at radius 1 is 0.926 bits per heavy atom. The van der Waals surface area contributed by atoms with E-state index in [1.54, 1.807) is 30.8 Å². The molecule has 2 nitrogen and oxygen atoms in total. The molecule has 0 saturated carbocycles. The number of amides is 1. The monoisotopic (exact) mass is 385 g/mol. The molecule has 27 heavy (non-hydrogen) atoms. The third-order valence-electron chi connectivity index (χ3n) is 4.32. The summed E-state index contributed by atoms with van der Waals surface area (Å²) in [6, 6.07) is 7.86. The summed E-state index contributed by atoms with van der Waals surface area (Å²) in [5.74, 6) is 0.958. The fraction of sp³-hybridized carbons (Fsp3) is 0.458. The van der Waals surface area contributed by atoms with Crippen molar-refractivity contribution < 1.29 is 4.79 Å². The summed E-state index contributed by atoms with van der Waals surface area (Å²) in [5.41, 5.74) is 5.07. The molecule has 0 spiro atoms. The van der Waals surface area contributed by atoms with Gasteiger partial charge in [-0.3, -0.25) is 4.79 Å². The predicted octanol–water partition coefficient (Wildman–Crippen LogP) is 6.90. The fourth-order valence-corrected chi connectivity index (χ4v) is 3.66. The maximum Gasteiger partial charge on any atom is 0.254 e. The van der Waals surface area contributed by atoms with Crippen molar-refractivity contribution in [1.82, 2.24) is 4.90 Å². The van der Waals surface area contributed by atoms with Crippen LogP contribution in [0.1, 0.15) is 63.7 Å². The van der Waals surface area contributed by atoms with Crippen molar-refractivity contribution in [3.05, 3.63) is 64.8 Å². The molecule has 0 unspecified atom stereocenters. The van der Waals surface area contributed by atoms with Gasteiger partial charge in [0.2, 0.25) is 0 Å². The topological polar surface area (TPSA) is 20.3 Å². The van der Waals surface area contributed by atoms with Crippen molar-refractivity contribution in [1.29, 1.82) is 0 Å². The van der Waals surface area contributed by atoms with E-state index in [4.69, 9.17) is 0 Å². The highest BCUT2D eigenvalue weighted by molar-refractivity contribution is 7.99. The highest BCUT2D eigenvalue weighted by Gasteiger charge is 2.12. The molecule has 0 saturated heterocycles. The molecule has 0 atom stereocenters. The predicted molar refractivity (Wildman–Crippen MR) is 121 cm³/mol. The first-order valence-electron chi connectivity index (χ1n) is 9.69. The number of hydrogen-bond donors (Lipinski definition) is 0. The van der Waals surface area contributed by atoms with E-state index in [0.29, 0.717) is 0 Å². The Bertz CT molecular complexity index is 694. The van der Waals surface area contributed by atoms with Crippen LogP contribution < -0.4 is 0 Å². The van der Waals surface area contributed by atoms with E-state index in [1.165, 1.54) is 16.7 Å². The zero-order chi connectivity index (χ0) is 20.2. The van der Waals surface area contributed by atoms with Crippen LogP contribution in [0.15, 0.2) is 64.1 Å². The Morgan fingerprint density at radius 2 is 1.52 bits per heavy atom. The van der Waals surface area contributed by atoms with Crippen molar-refractivity contribution in [2.75, 3.05) is 19.8 Å². The molecule has 0 aliphatic rings. The summed E-state index contributed by atoms with van der Waals surface area (Å²) in [6.07, 6.45) is 11.4. The summed E-state index contributed by atoms with van der Waals surface area (Å²) in [6.45, 7) is 8.73. The molecule has 1 aromatic rings. The third kappa shape index (κ3) is 9.67. The maximum atomic E-state index is 12.3. The Balaban J connectivity index is 2.48. The molecule has 1 amide bonds. The van der Waals surface area contributed by atoms with Crippen LogP contribution in [0.5, 0.6) is 0 Å². The smallest absolute Gasteiger partial charge is 0.254 e. The van der Waals surface area contributed by atoms with Crippen LogP contribution in [0.2, 0.25) is 0 Å². The van der Waals surface area contributed by atoms with Crippen LogP contribution in [0.4, 0.5) is 0 Å². The molecule has 0 aliphatic heterocycles. The lowest BCUT2D eigenvalue weighted by Crippen LogP contribution is -2.22. The number of carbonyl (C=O) groups is 1. The SMILES string of the molecule is CC(C)=CCC/C(C)=C/CC/C(C)=C/CSc1ccccc1C(=O)N(C)C. The van der Waals surface area contributed by atoms with Gasteiger partial charge in [-0.15, -0.1) is 11.8 Å². The zero-order valence-electron chi connectivity index (χ0n) is 17.8. The quantitative estimate of drug-likeness (QED) is 0.322. The number of hydrogen-bond acceptors (Lipinski definition) is 2. The lowest BCUT2D eigenvalue weighted by atomic mass is 10.1. The number of rotatable bonds is 10. The van der Waals surface area contributed by atoms with E-state index in [-0.39, 0.29) is 5.91 Å². The van der Waals surface area contributed by atoms with E-state index in [0.717, 1.165) is 41.9 Å². The molecule has 148 valence electrons. The Hall–Kier alpha value is -1.74. The Morgan fingerprint density at radius 3 is 2.15 bits per heavy atom. The van der Waals surface area contributed by atoms with Crippen molar-refractivity contribution in [2.45, 2.75) is 58.3 Å². The van der Waals surface area contributed by atoms with Crippen LogP contribution in [0.3, 0.4) is 0 Å². The number of nitrogens with zero attached hydrogens (tertiary/aromatic N) is 1. The van der Waals surface area contributed by atoms with Gasteiger partial charge in [-0.25, -0.2) is 0 Å². The average Bonchev–Trinajstić information content (AvgIpc) is 2.61. The lowest BCUT2D eigenvalue weighted by molar-refractivity contribution is 0.0824. The third-order valence-corrected chi connectivity index (χ3v) is 5.32. The van der Waals surface area contributed by atoms with Gasteiger partial charge in [-0.1, -0.05) is 47.1 Å². The second-order valence-corrected chi connectivity index (χ2v) is 8.53. The van der Waals surface area contributed by atoms with Gasteiger partial charge in [0.1, 0.15) is 0 Å². The van der Waals surface area contributed by atoms with Crippen LogP contribution in [0.25, 0.3) is 0 Å². The molecule has 0 heterocycles. The second kappa shape index (κ2) is 12.6. The Kier molecular flexibility index (Phi) is 10.9. The van der Waals surface area contributed by atoms with Crippen LogP contribution >= 0.6 is 11.8 Å². The molecule has 0 bridgehead atoms. The van der Waals surface area contributed by atoms with E-state index >= 15 is 0 Å². The molecule has 0 aromatic heterocycles. The van der Waals surface area contributed by atoms with Crippen LogP contribution in [-0.2, 0) is 0 Å². The van der Waals surface area contributed by atoms with Crippen LogP contribution in [-0.4, -0.2) is 30.7 Å². The molecule has 1 aromatic carbocycles. The average molecular weight is 386 g/mol. The molecular weight excluding hydrogens is 350 g/mol. The fourth-order valence-electron chi connectivity index (χ4n) is 2.62. The van der Waals surface area contributed by atoms with Gasteiger partial charge in [-0.05, 0) is 65.5 Å². The molecule has 1 rings (SSSR count). The summed E-state index contributed by atoms with van der Waals surface area (Å²) < 4.78 is 0. The molecule has 0 radical (unpaired) electrons. The maximum absolute atomic E-state index is 12.3. The minimum absolute atomic E-state index is 0.0625. The van der Waals surface area contributed by atoms with E-state index in [2.05, 4.69) is 45.9 Å². The molecule has 3 heteroatoms. The summed E-state index contributed by atoms with van der Waals surface area (Å²) in [7, 11) is 3.59. The lowest BCUT2D eigenvalue weighted by Gasteiger charge is -2.13. The first kappa shape index (κ1) is 23.3. The summed E-state index contributed by atoms with van der Waals surface area (Å²) in [4.78, 5) is 14.9. The molecule has 0 N–H and O–H groups in total. The standard InChI is InChI=1S/C24H35NOS/c1-19(2)11-9-12-20(3)13-10-14-21(4)17-18-27-23-16-8-7-15-22(23)24(26)25(5)6/h7-8,11,13,15-17H,9-10,12,14,18H2,1-6H3/b20-13+,21-17+. The van der Waals surface area contributed by atoms with Gasteiger partial charge < -0.3 is 4.90 Å². The number of allylic oxidation sites excluding steroid dienone is 5. The highest BCUT2D eigenvalue weighted by Crippen LogP contribution is 2.24. The zero-order valence-corrected chi connectivity index (χ0v) is 18.7. The van der Waals surface area contributed by atoms with Gasteiger partial charge in [0.15, 0.2) is 0 Å². The van der Waals surface area contributed by atoms with E-state index < -0.39 is 0 Å². The van der Waals surface area contributed by atoms with Gasteiger partial charge in [0.25, 0.3) is 5.91 Å². The largest absolute Gasteiger partial charge is 0.345 e. The van der Waals surface area contributed by atoms with Crippen molar-refractivity contribution in [2.24, 2.45) is 0 Å². The van der Waals surface area contributed by atoms with Crippen LogP contribution in [0, 0.1) is 0 Å². The number of carbonyl (C=O) groups excluding carboxylic acids is 1. The second-order valence-electron chi connectivity index (χ2n) is 7.47. The van der Waals surface area contributed by atoms with Crippen molar-refractivity contribution in [3.8, 4) is 0 Å². The van der Waals surface area contributed by atoms with Gasteiger partial charge in [0, 0.05) is 24.7 Å². The highest BCUT2D eigenvalue weighted by atomic mass is 32.2. The van der Waals surface area contributed by atoms with E-state index in [1.807, 2.05) is 24.3 Å². The Labute approximate surface area is 170 Å². The first-order chi connectivity index (χ1) is 12.8.